The van der Waals surface area contributed by atoms with Crippen molar-refractivity contribution in [2.24, 2.45) is 5.14 Å². The quantitative estimate of drug-likeness (QED) is 0.512. The summed E-state index contributed by atoms with van der Waals surface area (Å²) < 4.78 is 34.1. The van der Waals surface area contributed by atoms with Gasteiger partial charge >= 0.3 is 10.3 Å². The zero-order valence-corrected chi connectivity index (χ0v) is 18.6. The van der Waals surface area contributed by atoms with E-state index in [0.717, 1.165) is 29.9 Å². The number of aromatic nitrogens is 3. The lowest BCUT2D eigenvalue weighted by atomic mass is 10.1. The van der Waals surface area contributed by atoms with Crippen LogP contribution in [0, 0.1) is 11.3 Å². The normalized spacial score (nSPS) is 14.5. The molecular formula is C21H23N7O4S. The van der Waals surface area contributed by atoms with Crippen molar-refractivity contribution in [3.63, 3.8) is 0 Å². The molecule has 2 N–H and O–H groups in total. The number of nitriles is 1. The van der Waals surface area contributed by atoms with Gasteiger partial charge in [-0.3, -0.25) is 9.91 Å². The van der Waals surface area contributed by atoms with Gasteiger partial charge in [0.05, 0.1) is 37.1 Å². The van der Waals surface area contributed by atoms with Crippen LogP contribution in [0.5, 0.6) is 5.75 Å². The van der Waals surface area contributed by atoms with Gasteiger partial charge in [0.1, 0.15) is 18.4 Å². The molecule has 0 bridgehead atoms. The van der Waals surface area contributed by atoms with Gasteiger partial charge in [0.15, 0.2) is 0 Å². The van der Waals surface area contributed by atoms with Crippen LogP contribution in [-0.2, 0) is 28.1 Å². The molecule has 0 amide bonds. The fourth-order valence-electron chi connectivity index (χ4n) is 3.56. The number of nitrogens with two attached hydrogens (primary N) is 1. The Morgan fingerprint density at radius 2 is 1.82 bits per heavy atom. The highest BCUT2D eigenvalue weighted by molar-refractivity contribution is 7.84. The molecule has 0 radical (unpaired) electrons. The van der Waals surface area contributed by atoms with Gasteiger partial charge in [-0.25, -0.2) is 4.68 Å². The van der Waals surface area contributed by atoms with Gasteiger partial charge in [0, 0.05) is 19.6 Å². The summed E-state index contributed by atoms with van der Waals surface area (Å²) in [6, 6.07) is 14.5. The van der Waals surface area contributed by atoms with Crippen molar-refractivity contribution < 1.29 is 17.3 Å². The highest BCUT2D eigenvalue weighted by atomic mass is 32.2. The zero-order valence-electron chi connectivity index (χ0n) is 17.7. The van der Waals surface area contributed by atoms with Crippen molar-refractivity contribution >= 4 is 16.0 Å². The molecule has 3 aromatic rings. The van der Waals surface area contributed by atoms with E-state index < -0.39 is 10.3 Å². The van der Waals surface area contributed by atoms with Gasteiger partial charge in [-0.05, 0) is 41.5 Å². The summed E-state index contributed by atoms with van der Waals surface area (Å²) >= 11 is 0. The molecular weight excluding hydrogens is 446 g/mol. The lowest BCUT2D eigenvalue weighted by molar-refractivity contribution is 0.0341. The Bertz CT molecular complexity index is 1220. The molecule has 0 saturated carbocycles. The van der Waals surface area contributed by atoms with E-state index in [1.165, 1.54) is 12.1 Å². The molecule has 0 atom stereocenters. The molecule has 4 rings (SSSR count). The number of rotatable bonds is 8. The summed E-state index contributed by atoms with van der Waals surface area (Å²) in [6.07, 6.45) is 3.16. The summed E-state index contributed by atoms with van der Waals surface area (Å²) in [5.41, 5.74) is 3.27. The van der Waals surface area contributed by atoms with Crippen LogP contribution in [0.25, 0.3) is 0 Å². The molecule has 0 unspecified atom stereocenters. The van der Waals surface area contributed by atoms with Crippen molar-refractivity contribution in [2.75, 3.05) is 31.3 Å². The standard InChI is InChI=1S/C21H23N7O4S/c22-12-18-3-4-20(11-19(18)14-26-7-9-31-10-8-26)28(27-15-24-25-16-27)13-17-1-5-21(6-2-17)32-33(23,29)30/h1-6,11,15-16H,7-10,13-14H2,(H2,23,29,30). The number of morpholine rings is 1. The average molecular weight is 470 g/mol. The maximum atomic E-state index is 11.1. The minimum atomic E-state index is -4.08. The van der Waals surface area contributed by atoms with Crippen LogP contribution in [0.3, 0.4) is 0 Å². The molecule has 33 heavy (non-hydrogen) atoms. The number of nitrogens with zero attached hydrogens (tertiary/aromatic N) is 6. The summed E-state index contributed by atoms with van der Waals surface area (Å²) in [5, 5.41) is 24.3. The molecule has 2 aromatic carbocycles. The fourth-order valence-corrected chi connectivity index (χ4v) is 3.94. The van der Waals surface area contributed by atoms with E-state index in [0.29, 0.717) is 31.9 Å². The van der Waals surface area contributed by atoms with E-state index in [1.807, 2.05) is 23.2 Å². The lowest BCUT2D eigenvalue weighted by Gasteiger charge is -2.29. The van der Waals surface area contributed by atoms with E-state index in [2.05, 4.69) is 21.2 Å². The number of anilines is 1. The van der Waals surface area contributed by atoms with Crippen molar-refractivity contribution in [3.8, 4) is 11.8 Å². The van der Waals surface area contributed by atoms with E-state index in [4.69, 9.17) is 14.1 Å². The van der Waals surface area contributed by atoms with E-state index >= 15 is 0 Å². The van der Waals surface area contributed by atoms with E-state index in [1.54, 1.807) is 29.5 Å². The van der Waals surface area contributed by atoms with Crippen molar-refractivity contribution in [1.82, 2.24) is 19.8 Å². The molecule has 1 aliphatic rings. The average Bonchev–Trinajstić information content (AvgIpc) is 3.33. The summed E-state index contributed by atoms with van der Waals surface area (Å²) in [6.45, 7) is 4.07. The Balaban J connectivity index is 1.61. The molecule has 172 valence electrons. The van der Waals surface area contributed by atoms with Crippen molar-refractivity contribution in [3.05, 3.63) is 71.8 Å². The maximum absolute atomic E-state index is 11.1. The molecule has 0 aliphatic carbocycles. The third kappa shape index (κ3) is 6.05. The van der Waals surface area contributed by atoms with Crippen LogP contribution in [0.4, 0.5) is 5.69 Å². The second kappa shape index (κ2) is 9.97. The largest absolute Gasteiger partial charge is 0.380 e. The topological polar surface area (TPSA) is 140 Å². The highest BCUT2D eigenvalue weighted by Crippen LogP contribution is 2.24. The molecule has 12 heteroatoms. The smallest absolute Gasteiger partial charge is 0.379 e. The Morgan fingerprint density at radius 3 is 2.45 bits per heavy atom. The van der Waals surface area contributed by atoms with Crippen LogP contribution in [0.15, 0.2) is 55.1 Å². The summed E-state index contributed by atoms with van der Waals surface area (Å²) in [4.78, 5) is 2.26. The molecule has 2 heterocycles. The van der Waals surface area contributed by atoms with Crippen LogP contribution in [0.1, 0.15) is 16.7 Å². The monoisotopic (exact) mass is 469 g/mol. The Morgan fingerprint density at radius 1 is 1.12 bits per heavy atom. The number of ether oxygens (including phenoxy) is 1. The summed E-state index contributed by atoms with van der Waals surface area (Å²) in [7, 11) is -4.08. The Labute approximate surface area is 191 Å². The highest BCUT2D eigenvalue weighted by Gasteiger charge is 2.17. The Hall–Kier alpha value is -3.50. The third-order valence-electron chi connectivity index (χ3n) is 5.16. The Kier molecular flexibility index (Phi) is 6.85. The van der Waals surface area contributed by atoms with Gasteiger partial charge in [0.2, 0.25) is 0 Å². The molecule has 1 saturated heterocycles. The predicted molar refractivity (Wildman–Crippen MR) is 119 cm³/mol. The molecule has 1 aromatic heterocycles. The van der Waals surface area contributed by atoms with Crippen molar-refractivity contribution in [2.45, 2.75) is 13.1 Å². The first-order valence-corrected chi connectivity index (χ1v) is 11.7. The lowest BCUT2D eigenvalue weighted by Crippen LogP contribution is -2.36. The predicted octanol–water partition coefficient (Wildman–Crippen LogP) is 1.03. The van der Waals surface area contributed by atoms with Gasteiger partial charge < -0.3 is 8.92 Å². The number of benzene rings is 2. The van der Waals surface area contributed by atoms with Gasteiger partial charge in [-0.15, -0.1) is 10.2 Å². The molecule has 1 fully saturated rings. The third-order valence-corrected chi connectivity index (χ3v) is 5.58. The minimum absolute atomic E-state index is 0.128. The summed E-state index contributed by atoms with van der Waals surface area (Å²) in [5.74, 6) is 0.128. The first kappa shape index (κ1) is 22.7. The van der Waals surface area contributed by atoms with Crippen LogP contribution in [-0.4, -0.2) is 54.5 Å². The van der Waals surface area contributed by atoms with E-state index in [-0.39, 0.29) is 5.75 Å². The molecule has 1 aliphatic heterocycles. The van der Waals surface area contributed by atoms with Crippen molar-refractivity contribution in [1.29, 1.82) is 5.26 Å². The van der Waals surface area contributed by atoms with Gasteiger partial charge in [-0.2, -0.15) is 18.8 Å². The van der Waals surface area contributed by atoms with Crippen LogP contribution >= 0.6 is 0 Å². The maximum Gasteiger partial charge on any atom is 0.380 e. The zero-order chi connectivity index (χ0) is 23.3. The molecule has 11 nitrogen and oxygen atoms in total. The second-order valence-electron chi connectivity index (χ2n) is 7.46. The van der Waals surface area contributed by atoms with Gasteiger partial charge in [-0.1, -0.05) is 12.1 Å². The molecule has 0 spiro atoms. The first-order valence-electron chi connectivity index (χ1n) is 10.2. The van der Waals surface area contributed by atoms with Crippen LogP contribution < -0.4 is 14.3 Å². The van der Waals surface area contributed by atoms with Crippen LogP contribution in [0.2, 0.25) is 0 Å². The second-order valence-corrected chi connectivity index (χ2v) is 8.61. The van der Waals surface area contributed by atoms with E-state index in [9.17, 15) is 13.7 Å². The number of hydrogen-bond donors (Lipinski definition) is 1. The first-order chi connectivity index (χ1) is 15.9. The SMILES string of the molecule is N#Cc1ccc(N(Cc2ccc(OS(N)(=O)=O)cc2)n2cnnc2)cc1CN1CCOCC1. The minimum Gasteiger partial charge on any atom is -0.379 e. The van der Waals surface area contributed by atoms with Gasteiger partial charge in [0.25, 0.3) is 0 Å². The fraction of sp³-hybridized carbons (Fsp3) is 0.286. The number of hydrogen-bond acceptors (Lipinski definition) is 9.